The molecule has 0 aliphatic heterocycles. The predicted octanol–water partition coefficient (Wildman–Crippen LogP) is -2.51. The minimum atomic E-state index is -4.86. The molecular weight excluding hydrogens is 361 g/mol. The summed E-state index contributed by atoms with van der Waals surface area (Å²) in [4.78, 5) is 0. The Morgan fingerprint density at radius 2 is 0.923 bits per heavy atom. The third-order valence-electron chi connectivity index (χ3n) is 0.183. The van der Waals surface area contributed by atoms with Crippen molar-refractivity contribution >= 4 is 69.7 Å². The van der Waals surface area contributed by atoms with Gasteiger partial charge < -0.3 is 9.11 Å². The summed E-state index contributed by atoms with van der Waals surface area (Å²) in [6.07, 6.45) is 0. The average Bonchev–Trinajstić information content (AvgIpc) is 1.86. The van der Waals surface area contributed by atoms with Crippen LogP contribution in [0.1, 0.15) is 0 Å². The van der Waals surface area contributed by atoms with Gasteiger partial charge in [0.25, 0.3) is 0 Å². The van der Waals surface area contributed by atoms with Gasteiger partial charge in [-0.25, -0.2) is 27.4 Å². The van der Waals surface area contributed by atoms with Gasteiger partial charge in [-0.1, -0.05) is 0 Å². The Morgan fingerprint density at radius 3 is 0.923 bits per heavy atom. The quantitative estimate of drug-likeness (QED) is 0.175. The molecule has 0 saturated heterocycles. The minimum absolute atomic E-state index is 0. The average molecular weight is 363 g/mol. The van der Waals surface area contributed by atoms with Gasteiger partial charge in [-0.05, 0) is 0 Å². The van der Waals surface area contributed by atoms with Crippen LogP contribution in [-0.4, -0.2) is 85.3 Å². The van der Waals surface area contributed by atoms with Gasteiger partial charge in [0.05, 0.1) is 0 Å². The maximum Gasteiger partial charge on any atom is 2.00 e. The van der Waals surface area contributed by atoms with Gasteiger partial charge in [0, 0.05) is 0 Å². The van der Waals surface area contributed by atoms with Gasteiger partial charge in [-0.2, -0.15) is 0 Å². The third-order valence-corrected chi connectivity index (χ3v) is 0.548. The number of hydrogen-bond donors (Lipinski definition) is 2. The fourth-order valence-electron chi connectivity index (χ4n) is 0. The molecule has 0 aliphatic rings. The number of rotatable bonds is 2. The Hall–Kier alpha value is 1.23. The van der Waals surface area contributed by atoms with E-state index in [0.717, 1.165) is 0 Å². The molecule has 13 heteroatoms. The molecule has 0 atom stereocenters. The fourth-order valence-corrected chi connectivity index (χ4v) is 0. The van der Waals surface area contributed by atoms with Crippen molar-refractivity contribution in [2.75, 3.05) is 0 Å². The van der Waals surface area contributed by atoms with Crippen molar-refractivity contribution in [2.45, 2.75) is 0 Å². The molecule has 0 aromatic heterocycles. The Kier molecular flexibility index (Phi) is 13.0. The van der Waals surface area contributed by atoms with Crippen LogP contribution in [0.25, 0.3) is 0 Å². The molecule has 0 unspecified atom stereocenters. The van der Waals surface area contributed by atoms with Gasteiger partial charge in [0.2, 0.25) is 20.8 Å². The zero-order valence-electron chi connectivity index (χ0n) is 5.68. The Labute approximate surface area is 113 Å². The maximum atomic E-state index is 8.97. The summed E-state index contributed by atoms with van der Waals surface area (Å²) in [6, 6.07) is 0. The first-order valence-electron chi connectivity index (χ1n) is 1.70. The molecular formula is H2BaO10S2. The first kappa shape index (κ1) is 19.8. The van der Waals surface area contributed by atoms with E-state index in [9.17, 15) is 0 Å². The van der Waals surface area contributed by atoms with E-state index in [4.69, 9.17) is 36.5 Å². The molecule has 0 aliphatic carbocycles. The molecule has 0 radical (unpaired) electrons. The van der Waals surface area contributed by atoms with E-state index < -0.39 is 20.8 Å². The first-order valence-corrected chi connectivity index (χ1v) is 4.37. The van der Waals surface area contributed by atoms with Crippen LogP contribution in [0.15, 0.2) is 0 Å². The maximum absolute atomic E-state index is 8.97. The van der Waals surface area contributed by atoms with Crippen LogP contribution < -0.4 is 0 Å². The fraction of sp³-hybridized carbons (Fsp3) is 0. The Morgan fingerprint density at radius 1 is 0.846 bits per heavy atom. The summed E-state index contributed by atoms with van der Waals surface area (Å²) in [5.41, 5.74) is 0. The van der Waals surface area contributed by atoms with Crippen LogP contribution in [0.5, 0.6) is 0 Å². The Balaban J connectivity index is -0.000000143. The van der Waals surface area contributed by atoms with Crippen molar-refractivity contribution in [3.8, 4) is 0 Å². The van der Waals surface area contributed by atoms with Gasteiger partial charge >= 0.3 is 48.9 Å². The second kappa shape index (κ2) is 8.53. The largest absolute Gasteiger partial charge is 2.00 e. The SMILES string of the molecule is O=S(=O)([O-])OO.O=S(=O)([O-])OO.[Ba+2]. The van der Waals surface area contributed by atoms with E-state index >= 15 is 0 Å². The zero-order valence-corrected chi connectivity index (χ0v) is 11.8. The van der Waals surface area contributed by atoms with Gasteiger partial charge in [-0.15, -0.1) is 8.67 Å². The summed E-state index contributed by atoms with van der Waals surface area (Å²) >= 11 is 0. The summed E-state index contributed by atoms with van der Waals surface area (Å²) < 4.78 is 58.5. The van der Waals surface area contributed by atoms with Crippen LogP contribution in [0, 0.1) is 0 Å². The van der Waals surface area contributed by atoms with E-state index in [1.807, 2.05) is 0 Å². The Bertz CT molecular complexity index is 249. The predicted molar refractivity (Wildman–Crippen MR) is 32.6 cm³/mol. The van der Waals surface area contributed by atoms with Crippen molar-refractivity contribution in [1.29, 1.82) is 0 Å². The molecule has 0 heterocycles. The molecule has 0 aromatic rings. The molecule has 13 heavy (non-hydrogen) atoms. The molecule has 0 spiro atoms. The summed E-state index contributed by atoms with van der Waals surface area (Å²) in [6.45, 7) is 0. The monoisotopic (exact) mass is 364 g/mol. The van der Waals surface area contributed by atoms with E-state index in [2.05, 4.69) is 8.67 Å². The summed E-state index contributed by atoms with van der Waals surface area (Å²) in [7, 11) is -9.71. The minimum Gasteiger partial charge on any atom is -0.724 e. The van der Waals surface area contributed by atoms with E-state index in [-0.39, 0.29) is 48.9 Å². The van der Waals surface area contributed by atoms with Gasteiger partial charge in [0.1, 0.15) is 0 Å². The van der Waals surface area contributed by atoms with E-state index in [0.29, 0.717) is 0 Å². The molecule has 76 valence electrons. The molecule has 2 N–H and O–H groups in total. The molecule has 0 amide bonds. The molecule has 0 saturated carbocycles. The molecule has 0 fully saturated rings. The van der Waals surface area contributed by atoms with E-state index in [1.165, 1.54) is 0 Å². The molecule has 0 rings (SSSR count). The van der Waals surface area contributed by atoms with Gasteiger partial charge in [0.15, 0.2) is 0 Å². The zero-order chi connectivity index (χ0) is 10.4. The topological polar surface area (TPSA) is 173 Å². The first-order chi connectivity index (χ1) is 5.12. The standard InChI is InChI=1S/Ba.2H2O5S/c;2*1-5-6(2,3)4/h;2*1H,(H,2,3,4)/q+2;;/p-2. The van der Waals surface area contributed by atoms with Crippen molar-refractivity contribution < 1.29 is 45.1 Å². The normalized spacial score (nSPS) is 10.8. The van der Waals surface area contributed by atoms with Crippen molar-refractivity contribution in [3.05, 3.63) is 0 Å². The van der Waals surface area contributed by atoms with Crippen molar-refractivity contribution in [2.24, 2.45) is 0 Å². The van der Waals surface area contributed by atoms with Crippen LogP contribution in [0.3, 0.4) is 0 Å². The van der Waals surface area contributed by atoms with Crippen molar-refractivity contribution in [3.63, 3.8) is 0 Å². The summed E-state index contributed by atoms with van der Waals surface area (Å²) in [5, 5.41) is 14.0. The smallest absolute Gasteiger partial charge is 0.724 e. The third kappa shape index (κ3) is 31.9. The van der Waals surface area contributed by atoms with Crippen LogP contribution >= 0.6 is 0 Å². The van der Waals surface area contributed by atoms with Crippen molar-refractivity contribution in [1.82, 2.24) is 0 Å². The molecule has 0 bridgehead atoms. The van der Waals surface area contributed by atoms with Crippen LogP contribution in [0.2, 0.25) is 0 Å². The summed E-state index contributed by atoms with van der Waals surface area (Å²) in [5.74, 6) is 0. The van der Waals surface area contributed by atoms with Gasteiger partial charge in [-0.3, -0.25) is 0 Å². The molecule has 0 aromatic carbocycles. The van der Waals surface area contributed by atoms with Crippen LogP contribution in [0.4, 0.5) is 0 Å². The van der Waals surface area contributed by atoms with E-state index in [1.54, 1.807) is 0 Å². The van der Waals surface area contributed by atoms with Crippen LogP contribution in [-0.2, 0) is 29.5 Å². The second-order valence-corrected chi connectivity index (χ2v) is 2.90. The second-order valence-electron chi connectivity index (χ2n) is 0.966. The number of hydrogen-bond acceptors (Lipinski definition) is 10. The molecule has 10 nitrogen and oxygen atoms in total.